The number of furan rings is 1. The third-order valence-corrected chi connectivity index (χ3v) is 3.93. The maximum Gasteiger partial charge on any atom is 0.309 e. The number of benzene rings is 1. The Morgan fingerprint density at radius 2 is 2.12 bits per heavy atom. The third-order valence-electron chi connectivity index (χ3n) is 3.93. The second kappa shape index (κ2) is 8.30. The SMILES string of the molecule is Cc1oc(NC(=O)COC(=O)C(C)Cc2cccc(F)c2)c(C#N)c1C. The molecule has 0 aliphatic rings. The highest BCUT2D eigenvalue weighted by atomic mass is 19.1. The number of aryl methyl sites for hydroxylation is 1. The molecule has 1 atom stereocenters. The van der Waals surface area contributed by atoms with E-state index in [2.05, 4.69) is 5.32 Å². The molecule has 1 unspecified atom stereocenters. The first kappa shape index (κ1) is 19.2. The van der Waals surface area contributed by atoms with Gasteiger partial charge in [-0.15, -0.1) is 0 Å². The summed E-state index contributed by atoms with van der Waals surface area (Å²) in [7, 11) is 0. The van der Waals surface area contributed by atoms with Crippen LogP contribution in [-0.4, -0.2) is 18.5 Å². The molecule has 0 radical (unpaired) electrons. The number of carbonyl (C=O) groups is 2. The number of nitrogens with one attached hydrogen (secondary N) is 1. The van der Waals surface area contributed by atoms with E-state index in [4.69, 9.17) is 14.4 Å². The zero-order chi connectivity index (χ0) is 19.3. The summed E-state index contributed by atoms with van der Waals surface area (Å²) in [6, 6.07) is 7.91. The van der Waals surface area contributed by atoms with Crippen LogP contribution in [-0.2, 0) is 20.7 Å². The smallest absolute Gasteiger partial charge is 0.309 e. The number of hydrogen-bond donors (Lipinski definition) is 1. The molecule has 1 aromatic heterocycles. The van der Waals surface area contributed by atoms with Gasteiger partial charge in [-0.25, -0.2) is 4.39 Å². The molecule has 1 heterocycles. The third kappa shape index (κ3) is 4.70. The van der Waals surface area contributed by atoms with Crippen LogP contribution in [0, 0.1) is 36.9 Å². The van der Waals surface area contributed by atoms with Crippen molar-refractivity contribution in [1.29, 1.82) is 5.26 Å². The fourth-order valence-electron chi connectivity index (χ4n) is 2.39. The van der Waals surface area contributed by atoms with Crippen molar-refractivity contribution in [3.63, 3.8) is 0 Å². The monoisotopic (exact) mass is 358 g/mol. The second-order valence-corrected chi connectivity index (χ2v) is 5.99. The van der Waals surface area contributed by atoms with E-state index in [9.17, 15) is 14.0 Å². The predicted octanol–water partition coefficient (Wildman–Crippen LogP) is 3.27. The zero-order valence-electron chi connectivity index (χ0n) is 14.8. The molecule has 2 rings (SSSR count). The van der Waals surface area contributed by atoms with E-state index in [1.165, 1.54) is 12.1 Å². The first-order chi connectivity index (χ1) is 12.3. The Bertz CT molecular complexity index is 867. The molecular formula is C19H19FN2O4. The van der Waals surface area contributed by atoms with Crippen LogP contribution in [0.5, 0.6) is 0 Å². The van der Waals surface area contributed by atoms with Crippen LogP contribution < -0.4 is 5.32 Å². The number of esters is 1. The van der Waals surface area contributed by atoms with E-state index in [-0.39, 0.29) is 17.3 Å². The number of ether oxygens (including phenoxy) is 1. The molecule has 136 valence electrons. The standard InChI is InChI=1S/C19H19FN2O4/c1-11(7-14-5-4-6-15(20)8-14)19(24)25-10-17(23)22-18-16(9-21)12(2)13(3)26-18/h4-6,8,11H,7,10H2,1-3H3,(H,22,23). The van der Waals surface area contributed by atoms with Gasteiger partial charge in [0, 0.05) is 5.56 Å². The van der Waals surface area contributed by atoms with Crippen molar-refractivity contribution >= 4 is 17.8 Å². The normalized spacial score (nSPS) is 11.5. The van der Waals surface area contributed by atoms with Crippen molar-refractivity contribution in [2.24, 2.45) is 5.92 Å². The summed E-state index contributed by atoms with van der Waals surface area (Å²) >= 11 is 0. The summed E-state index contributed by atoms with van der Waals surface area (Å²) in [4.78, 5) is 23.9. The molecule has 1 amide bonds. The maximum absolute atomic E-state index is 13.2. The summed E-state index contributed by atoms with van der Waals surface area (Å²) in [5.41, 5.74) is 1.55. The van der Waals surface area contributed by atoms with Crippen LogP contribution in [0.25, 0.3) is 0 Å². The summed E-state index contributed by atoms with van der Waals surface area (Å²) in [5.74, 6) is -1.53. The molecule has 2 aromatic rings. The quantitative estimate of drug-likeness (QED) is 0.800. The van der Waals surface area contributed by atoms with E-state index in [1.54, 1.807) is 32.9 Å². The summed E-state index contributed by atoms with van der Waals surface area (Å²) in [5, 5.41) is 11.5. The van der Waals surface area contributed by atoms with Crippen molar-refractivity contribution in [2.45, 2.75) is 27.2 Å². The van der Waals surface area contributed by atoms with Gasteiger partial charge >= 0.3 is 5.97 Å². The molecule has 0 aliphatic carbocycles. The molecule has 1 aromatic carbocycles. The second-order valence-electron chi connectivity index (χ2n) is 5.99. The van der Waals surface area contributed by atoms with Gasteiger partial charge in [-0.1, -0.05) is 19.1 Å². The van der Waals surface area contributed by atoms with Gasteiger partial charge in [0.25, 0.3) is 5.91 Å². The molecule has 0 spiro atoms. The fourth-order valence-corrected chi connectivity index (χ4v) is 2.39. The molecule has 7 heteroatoms. The summed E-state index contributed by atoms with van der Waals surface area (Å²) in [6.07, 6.45) is 0.299. The Balaban J connectivity index is 1.88. The minimum atomic E-state index is -0.610. The van der Waals surface area contributed by atoms with Gasteiger partial charge in [-0.2, -0.15) is 5.26 Å². The number of rotatable bonds is 6. The highest BCUT2D eigenvalue weighted by Crippen LogP contribution is 2.25. The molecule has 0 bridgehead atoms. The van der Waals surface area contributed by atoms with Gasteiger partial charge in [0.2, 0.25) is 5.88 Å². The Kier molecular flexibility index (Phi) is 6.12. The molecule has 6 nitrogen and oxygen atoms in total. The van der Waals surface area contributed by atoms with Gasteiger partial charge in [-0.3, -0.25) is 14.9 Å². The van der Waals surface area contributed by atoms with Crippen molar-refractivity contribution < 1.29 is 23.1 Å². The molecule has 0 saturated heterocycles. The highest BCUT2D eigenvalue weighted by Gasteiger charge is 2.19. The average molecular weight is 358 g/mol. The Morgan fingerprint density at radius 1 is 1.38 bits per heavy atom. The van der Waals surface area contributed by atoms with Gasteiger partial charge in [0.05, 0.1) is 5.92 Å². The number of halogens is 1. The van der Waals surface area contributed by atoms with E-state index in [1.807, 2.05) is 6.07 Å². The first-order valence-corrected chi connectivity index (χ1v) is 8.02. The molecular weight excluding hydrogens is 339 g/mol. The van der Waals surface area contributed by atoms with Crippen LogP contribution in [0.2, 0.25) is 0 Å². The molecule has 0 aliphatic heterocycles. The lowest BCUT2D eigenvalue weighted by atomic mass is 10.0. The summed E-state index contributed by atoms with van der Waals surface area (Å²) in [6.45, 7) is 4.52. The van der Waals surface area contributed by atoms with Crippen LogP contribution in [0.1, 0.15) is 29.4 Å². The number of nitriles is 1. The average Bonchev–Trinajstić information content (AvgIpc) is 2.85. The van der Waals surface area contributed by atoms with Crippen LogP contribution in [0.4, 0.5) is 10.3 Å². The number of nitrogens with zero attached hydrogens (tertiary/aromatic N) is 1. The number of amides is 1. The van der Waals surface area contributed by atoms with E-state index >= 15 is 0 Å². The lowest BCUT2D eigenvalue weighted by Gasteiger charge is -2.11. The van der Waals surface area contributed by atoms with Crippen LogP contribution in [0.15, 0.2) is 28.7 Å². The predicted molar refractivity (Wildman–Crippen MR) is 91.8 cm³/mol. The first-order valence-electron chi connectivity index (χ1n) is 8.02. The zero-order valence-corrected chi connectivity index (χ0v) is 14.8. The van der Waals surface area contributed by atoms with Gasteiger partial charge < -0.3 is 9.15 Å². The van der Waals surface area contributed by atoms with Gasteiger partial charge in [-0.05, 0) is 38.0 Å². The molecule has 0 saturated carbocycles. The number of anilines is 1. The van der Waals surface area contributed by atoms with Gasteiger partial charge in [0.15, 0.2) is 6.61 Å². The van der Waals surface area contributed by atoms with Crippen LogP contribution >= 0.6 is 0 Å². The molecule has 26 heavy (non-hydrogen) atoms. The van der Waals surface area contributed by atoms with Crippen molar-refractivity contribution in [3.05, 3.63) is 52.5 Å². The fraction of sp³-hybridized carbons (Fsp3) is 0.316. The Hall–Kier alpha value is -3.14. The van der Waals surface area contributed by atoms with E-state index in [0.717, 1.165) is 0 Å². The van der Waals surface area contributed by atoms with Crippen molar-refractivity contribution in [3.8, 4) is 6.07 Å². The van der Waals surface area contributed by atoms with E-state index < -0.39 is 24.4 Å². The largest absolute Gasteiger partial charge is 0.455 e. The molecule has 1 N–H and O–H groups in total. The Labute approximate surface area is 150 Å². The van der Waals surface area contributed by atoms with Crippen molar-refractivity contribution in [1.82, 2.24) is 0 Å². The Morgan fingerprint density at radius 3 is 2.77 bits per heavy atom. The maximum atomic E-state index is 13.2. The minimum absolute atomic E-state index is 0.0383. The van der Waals surface area contributed by atoms with Crippen LogP contribution in [0.3, 0.4) is 0 Å². The van der Waals surface area contributed by atoms with Gasteiger partial charge in [0.1, 0.15) is 23.2 Å². The topological polar surface area (TPSA) is 92.3 Å². The molecule has 0 fully saturated rings. The highest BCUT2D eigenvalue weighted by molar-refractivity contribution is 5.93. The number of hydrogen-bond acceptors (Lipinski definition) is 5. The number of carbonyl (C=O) groups excluding carboxylic acids is 2. The van der Waals surface area contributed by atoms with E-state index in [0.29, 0.717) is 23.3 Å². The minimum Gasteiger partial charge on any atom is -0.455 e. The lowest BCUT2D eigenvalue weighted by molar-refractivity contribution is -0.151. The van der Waals surface area contributed by atoms with Crippen molar-refractivity contribution in [2.75, 3.05) is 11.9 Å². The summed E-state index contributed by atoms with van der Waals surface area (Å²) < 4.78 is 23.5. The lowest BCUT2D eigenvalue weighted by Crippen LogP contribution is -2.24.